The van der Waals surface area contributed by atoms with Crippen LogP contribution in [0.3, 0.4) is 0 Å². The first kappa shape index (κ1) is 15.9. The van der Waals surface area contributed by atoms with Gasteiger partial charge >= 0.3 is 0 Å². The first-order valence-corrected chi connectivity index (χ1v) is 8.54. The van der Waals surface area contributed by atoms with Crippen molar-refractivity contribution in [1.82, 2.24) is 24.4 Å². The Morgan fingerprint density at radius 1 is 1.04 bits per heavy atom. The second-order valence-electron chi connectivity index (χ2n) is 6.40. The summed E-state index contributed by atoms with van der Waals surface area (Å²) in [5.74, 6) is 0.733. The van der Waals surface area contributed by atoms with E-state index >= 15 is 0 Å². The zero-order valence-corrected chi connectivity index (χ0v) is 14.0. The summed E-state index contributed by atoms with van der Waals surface area (Å²) in [7, 11) is 0. The van der Waals surface area contributed by atoms with Crippen LogP contribution in [0.4, 0.5) is 0 Å². The van der Waals surface area contributed by atoms with Gasteiger partial charge in [-0.2, -0.15) is 0 Å². The van der Waals surface area contributed by atoms with Crippen molar-refractivity contribution in [2.75, 3.05) is 13.1 Å². The monoisotopic (exact) mass is 335 g/mol. The second kappa shape index (κ2) is 7.13. The number of nitrogens with zero attached hydrogens (tertiary/aromatic N) is 5. The molecule has 0 amide bonds. The molecule has 6 heteroatoms. The molecule has 25 heavy (non-hydrogen) atoms. The lowest BCUT2D eigenvalue weighted by Crippen LogP contribution is -2.38. The summed E-state index contributed by atoms with van der Waals surface area (Å²) in [4.78, 5) is 15.0. The van der Waals surface area contributed by atoms with Gasteiger partial charge in [0.15, 0.2) is 5.82 Å². The van der Waals surface area contributed by atoms with Gasteiger partial charge in [0.1, 0.15) is 5.69 Å². The van der Waals surface area contributed by atoms with Crippen molar-refractivity contribution in [3.8, 4) is 11.5 Å². The van der Waals surface area contributed by atoms with Crippen LogP contribution >= 0.6 is 0 Å². The summed E-state index contributed by atoms with van der Waals surface area (Å²) >= 11 is 0. The Kier molecular flexibility index (Phi) is 4.54. The van der Waals surface area contributed by atoms with Gasteiger partial charge in [0, 0.05) is 44.4 Å². The fourth-order valence-corrected chi connectivity index (χ4v) is 3.40. The van der Waals surface area contributed by atoms with Crippen LogP contribution in [0.5, 0.6) is 0 Å². The second-order valence-corrected chi connectivity index (χ2v) is 6.40. The summed E-state index contributed by atoms with van der Waals surface area (Å²) in [6.07, 6.45) is 9.16. The van der Waals surface area contributed by atoms with E-state index in [1.54, 1.807) is 24.8 Å². The van der Waals surface area contributed by atoms with Gasteiger partial charge in [-0.25, -0.2) is 9.97 Å². The molecule has 0 radical (unpaired) electrons. The van der Waals surface area contributed by atoms with Gasteiger partial charge in [-0.1, -0.05) is 24.3 Å². The largest absolute Gasteiger partial charge is 0.390 e. The van der Waals surface area contributed by atoms with Crippen molar-refractivity contribution < 1.29 is 5.11 Å². The van der Waals surface area contributed by atoms with E-state index in [0.29, 0.717) is 18.8 Å². The Bertz CT molecular complexity index is 833. The number of imidazole rings is 1. The van der Waals surface area contributed by atoms with Gasteiger partial charge < -0.3 is 9.67 Å². The van der Waals surface area contributed by atoms with Crippen LogP contribution in [0.2, 0.25) is 0 Å². The predicted octanol–water partition coefficient (Wildman–Crippen LogP) is 1.76. The molecule has 3 heterocycles. The van der Waals surface area contributed by atoms with Gasteiger partial charge in [0.2, 0.25) is 0 Å². The molecule has 0 fully saturated rings. The molecule has 0 spiro atoms. The first-order chi connectivity index (χ1) is 12.3. The molecule has 1 atom stereocenters. The maximum absolute atomic E-state index is 10.6. The Hall–Kier alpha value is -2.57. The minimum atomic E-state index is -0.463. The minimum Gasteiger partial charge on any atom is -0.390 e. The highest BCUT2D eigenvalue weighted by atomic mass is 16.3. The minimum absolute atomic E-state index is 0.463. The lowest BCUT2D eigenvalue weighted by Gasteiger charge is -2.30. The van der Waals surface area contributed by atoms with Crippen molar-refractivity contribution >= 4 is 0 Å². The number of fused-ring (bicyclic) bond motifs is 1. The lowest BCUT2D eigenvalue weighted by molar-refractivity contribution is 0.0921. The lowest BCUT2D eigenvalue weighted by atomic mass is 10.00. The van der Waals surface area contributed by atoms with Crippen LogP contribution in [-0.2, 0) is 19.5 Å². The molecular formula is C19H21N5O. The van der Waals surface area contributed by atoms with E-state index in [1.165, 1.54) is 11.1 Å². The summed E-state index contributed by atoms with van der Waals surface area (Å²) in [5, 5.41) is 10.6. The molecule has 0 aliphatic carbocycles. The number of rotatable bonds is 5. The van der Waals surface area contributed by atoms with Crippen LogP contribution < -0.4 is 0 Å². The maximum atomic E-state index is 10.6. The molecule has 2 aromatic heterocycles. The van der Waals surface area contributed by atoms with E-state index < -0.39 is 6.10 Å². The Balaban J connectivity index is 1.41. The fraction of sp³-hybridized carbons (Fsp3) is 0.316. The normalized spacial score (nSPS) is 15.7. The molecule has 128 valence electrons. The molecule has 0 saturated carbocycles. The topological polar surface area (TPSA) is 67.1 Å². The zero-order chi connectivity index (χ0) is 17.1. The van der Waals surface area contributed by atoms with Crippen LogP contribution in [0.15, 0.2) is 55.2 Å². The van der Waals surface area contributed by atoms with Crippen LogP contribution in [0, 0.1) is 0 Å². The number of aliphatic hydroxyl groups is 1. The molecule has 1 N–H and O–H groups in total. The maximum Gasteiger partial charge on any atom is 0.160 e. The Morgan fingerprint density at radius 2 is 1.92 bits per heavy atom. The smallest absolute Gasteiger partial charge is 0.160 e. The van der Waals surface area contributed by atoms with Crippen LogP contribution in [-0.4, -0.2) is 48.7 Å². The molecule has 0 saturated heterocycles. The van der Waals surface area contributed by atoms with Gasteiger partial charge in [0.25, 0.3) is 0 Å². The van der Waals surface area contributed by atoms with E-state index in [9.17, 15) is 5.11 Å². The van der Waals surface area contributed by atoms with Gasteiger partial charge in [-0.05, 0) is 17.5 Å². The van der Waals surface area contributed by atoms with Crippen molar-refractivity contribution in [3.63, 3.8) is 0 Å². The van der Waals surface area contributed by atoms with Crippen molar-refractivity contribution in [1.29, 1.82) is 0 Å². The van der Waals surface area contributed by atoms with E-state index in [-0.39, 0.29) is 0 Å². The van der Waals surface area contributed by atoms with Gasteiger partial charge in [0.05, 0.1) is 18.8 Å². The molecule has 6 nitrogen and oxygen atoms in total. The third-order valence-corrected chi connectivity index (χ3v) is 4.59. The Labute approximate surface area is 146 Å². The molecule has 4 rings (SSSR count). The van der Waals surface area contributed by atoms with Crippen LogP contribution in [0.1, 0.15) is 11.1 Å². The van der Waals surface area contributed by atoms with Gasteiger partial charge in [-0.15, -0.1) is 0 Å². The number of benzene rings is 1. The number of hydrogen-bond donors (Lipinski definition) is 1. The molecule has 1 aliphatic rings. The summed E-state index contributed by atoms with van der Waals surface area (Å²) in [6.45, 7) is 3.01. The fourth-order valence-electron chi connectivity index (χ4n) is 3.40. The van der Waals surface area contributed by atoms with E-state index in [0.717, 1.165) is 25.3 Å². The molecular weight excluding hydrogens is 314 g/mol. The first-order valence-electron chi connectivity index (χ1n) is 8.54. The van der Waals surface area contributed by atoms with Crippen molar-refractivity contribution in [2.24, 2.45) is 0 Å². The quantitative estimate of drug-likeness (QED) is 0.769. The van der Waals surface area contributed by atoms with Crippen LogP contribution in [0.25, 0.3) is 11.5 Å². The van der Waals surface area contributed by atoms with E-state index in [2.05, 4.69) is 44.1 Å². The van der Waals surface area contributed by atoms with Gasteiger partial charge in [-0.3, -0.25) is 9.88 Å². The summed E-state index contributed by atoms with van der Waals surface area (Å²) in [5.41, 5.74) is 3.50. The molecule has 1 aliphatic heterocycles. The zero-order valence-electron chi connectivity index (χ0n) is 14.0. The number of β-amino-alcohol motifs (C(OH)–C–C–N with tert-alkyl or cyclic N) is 1. The molecule has 1 aromatic carbocycles. The Morgan fingerprint density at radius 3 is 2.76 bits per heavy atom. The predicted molar refractivity (Wildman–Crippen MR) is 94.7 cm³/mol. The standard InChI is InChI=1S/C19H21N5O/c25-17(13-23-9-5-15-3-1-2-4-16(15)12-23)14-24-10-8-22-19(24)18-11-20-6-7-21-18/h1-4,6-8,10-11,17,25H,5,9,12-14H2. The average molecular weight is 335 g/mol. The summed E-state index contributed by atoms with van der Waals surface area (Å²) in [6, 6.07) is 8.55. The average Bonchev–Trinajstić information content (AvgIpc) is 3.10. The highest BCUT2D eigenvalue weighted by Crippen LogP contribution is 2.19. The number of aliphatic hydroxyl groups excluding tert-OH is 1. The van der Waals surface area contributed by atoms with E-state index in [1.807, 2.05) is 10.8 Å². The highest BCUT2D eigenvalue weighted by Gasteiger charge is 2.19. The van der Waals surface area contributed by atoms with Crippen molar-refractivity contribution in [3.05, 3.63) is 66.4 Å². The molecule has 1 unspecified atom stereocenters. The summed E-state index contributed by atoms with van der Waals surface area (Å²) < 4.78 is 1.94. The number of hydrogen-bond acceptors (Lipinski definition) is 5. The number of aromatic nitrogens is 4. The highest BCUT2D eigenvalue weighted by molar-refractivity contribution is 5.47. The SMILES string of the molecule is OC(CN1CCc2ccccc2C1)Cn1ccnc1-c1cnccn1. The van der Waals surface area contributed by atoms with Crippen molar-refractivity contribution in [2.45, 2.75) is 25.6 Å². The third kappa shape index (κ3) is 3.60. The molecule has 3 aromatic rings. The molecule has 0 bridgehead atoms. The third-order valence-electron chi connectivity index (χ3n) is 4.59. The van der Waals surface area contributed by atoms with E-state index in [4.69, 9.17) is 0 Å².